The summed E-state index contributed by atoms with van der Waals surface area (Å²) in [6, 6.07) is 8.22. The molecule has 0 atom stereocenters. The van der Waals surface area contributed by atoms with Gasteiger partial charge in [-0.1, -0.05) is 36.4 Å². The van der Waals surface area contributed by atoms with E-state index in [-0.39, 0.29) is 5.91 Å². The zero-order valence-electron chi connectivity index (χ0n) is 10.8. The van der Waals surface area contributed by atoms with E-state index in [0.717, 1.165) is 37.8 Å². The zero-order chi connectivity index (χ0) is 13.2. The van der Waals surface area contributed by atoms with Crippen LogP contribution in [0.3, 0.4) is 0 Å². The molecule has 0 radical (unpaired) electrons. The summed E-state index contributed by atoms with van der Waals surface area (Å²) in [5.41, 5.74) is 12.9. The average Bonchev–Trinajstić information content (AvgIpc) is 2.37. The van der Waals surface area contributed by atoms with Crippen molar-refractivity contribution in [2.45, 2.75) is 32.1 Å². The molecule has 3 heteroatoms. The minimum atomic E-state index is -0.251. The summed E-state index contributed by atoms with van der Waals surface area (Å²) in [6.07, 6.45) is 8.72. The number of benzene rings is 1. The Morgan fingerprint density at radius 3 is 2.50 bits per heavy atom. The first-order valence-electron chi connectivity index (χ1n) is 6.46. The number of unbranched alkanes of at least 4 members (excludes halogenated alkanes) is 2. The molecule has 18 heavy (non-hydrogen) atoms. The van der Waals surface area contributed by atoms with E-state index >= 15 is 0 Å². The molecule has 0 saturated heterocycles. The van der Waals surface area contributed by atoms with Gasteiger partial charge < -0.3 is 11.5 Å². The van der Waals surface area contributed by atoms with E-state index in [9.17, 15) is 4.79 Å². The van der Waals surface area contributed by atoms with E-state index in [1.165, 1.54) is 5.56 Å². The predicted octanol–water partition coefficient (Wildman–Crippen LogP) is 2.25. The van der Waals surface area contributed by atoms with Crippen LogP contribution in [0.4, 0.5) is 0 Å². The number of primary amides is 1. The molecule has 0 spiro atoms. The highest BCUT2D eigenvalue weighted by molar-refractivity contribution is 5.74. The summed E-state index contributed by atoms with van der Waals surface area (Å²) in [5, 5.41) is 0. The lowest BCUT2D eigenvalue weighted by atomic mass is 10.1. The maximum atomic E-state index is 10.7. The molecule has 0 aliphatic heterocycles. The number of rotatable bonds is 8. The molecule has 1 aromatic rings. The summed E-state index contributed by atoms with van der Waals surface area (Å²) in [6.45, 7) is 0.766. The summed E-state index contributed by atoms with van der Waals surface area (Å²) < 4.78 is 0. The fourth-order valence-corrected chi connectivity index (χ4v) is 1.69. The SMILES string of the molecule is NCCCC/C=C/c1ccc(CCC(N)=O)cc1. The summed E-state index contributed by atoms with van der Waals surface area (Å²) in [4.78, 5) is 10.7. The summed E-state index contributed by atoms with van der Waals surface area (Å²) >= 11 is 0. The highest BCUT2D eigenvalue weighted by Crippen LogP contribution is 2.09. The Kier molecular flexibility index (Phi) is 6.81. The quantitative estimate of drug-likeness (QED) is 0.691. The number of hydrogen-bond donors (Lipinski definition) is 2. The van der Waals surface area contributed by atoms with Crippen molar-refractivity contribution in [3.8, 4) is 0 Å². The van der Waals surface area contributed by atoms with Crippen molar-refractivity contribution in [1.29, 1.82) is 0 Å². The third kappa shape index (κ3) is 6.21. The van der Waals surface area contributed by atoms with Crippen LogP contribution in [0.5, 0.6) is 0 Å². The highest BCUT2D eigenvalue weighted by atomic mass is 16.1. The van der Waals surface area contributed by atoms with Gasteiger partial charge in [-0.3, -0.25) is 4.79 Å². The second-order valence-corrected chi connectivity index (χ2v) is 4.39. The number of carbonyl (C=O) groups is 1. The van der Waals surface area contributed by atoms with Crippen LogP contribution in [0.1, 0.15) is 36.8 Å². The number of carbonyl (C=O) groups excluding carboxylic acids is 1. The van der Waals surface area contributed by atoms with Crippen LogP contribution < -0.4 is 11.5 Å². The molecule has 1 amide bonds. The fraction of sp³-hybridized carbons (Fsp3) is 0.400. The molecule has 1 aromatic carbocycles. The Morgan fingerprint density at radius 2 is 1.89 bits per heavy atom. The van der Waals surface area contributed by atoms with Crippen molar-refractivity contribution in [2.24, 2.45) is 11.5 Å². The van der Waals surface area contributed by atoms with Gasteiger partial charge in [0.2, 0.25) is 5.91 Å². The molecular weight excluding hydrogens is 224 g/mol. The first-order chi connectivity index (χ1) is 8.72. The average molecular weight is 246 g/mol. The topological polar surface area (TPSA) is 69.1 Å². The monoisotopic (exact) mass is 246 g/mol. The molecule has 98 valence electrons. The lowest BCUT2D eigenvalue weighted by molar-refractivity contribution is -0.117. The van der Waals surface area contributed by atoms with Crippen molar-refractivity contribution in [3.63, 3.8) is 0 Å². The Labute approximate surface area is 109 Å². The van der Waals surface area contributed by atoms with Gasteiger partial charge in [-0.25, -0.2) is 0 Å². The maximum Gasteiger partial charge on any atom is 0.217 e. The molecule has 0 unspecified atom stereocenters. The number of hydrogen-bond acceptors (Lipinski definition) is 2. The molecule has 4 N–H and O–H groups in total. The molecule has 0 aliphatic rings. The molecule has 0 fully saturated rings. The van der Waals surface area contributed by atoms with Gasteiger partial charge in [0, 0.05) is 6.42 Å². The molecule has 0 heterocycles. The number of aryl methyl sites for hydroxylation is 1. The van der Waals surface area contributed by atoms with Crippen LogP contribution in [0.2, 0.25) is 0 Å². The van der Waals surface area contributed by atoms with E-state index in [2.05, 4.69) is 24.3 Å². The molecule has 1 rings (SSSR count). The normalized spacial score (nSPS) is 10.9. The highest BCUT2D eigenvalue weighted by Gasteiger charge is 1.96. The standard InChI is InChI=1S/C15H22N2O/c16-12-4-2-1-3-5-13-6-8-14(9-7-13)10-11-15(17)18/h3,5-9H,1-2,4,10-12,16H2,(H2,17,18)/b5-3+. The number of allylic oxidation sites excluding steroid dienone is 1. The van der Waals surface area contributed by atoms with Crippen molar-refractivity contribution in [2.75, 3.05) is 6.54 Å². The fourth-order valence-electron chi connectivity index (χ4n) is 1.69. The molecule has 0 bridgehead atoms. The van der Waals surface area contributed by atoms with Crippen LogP contribution >= 0.6 is 0 Å². The lowest BCUT2D eigenvalue weighted by Gasteiger charge is -2.00. The molecule has 3 nitrogen and oxygen atoms in total. The summed E-state index contributed by atoms with van der Waals surface area (Å²) in [5.74, 6) is -0.251. The smallest absolute Gasteiger partial charge is 0.217 e. The summed E-state index contributed by atoms with van der Waals surface area (Å²) in [7, 11) is 0. The first-order valence-corrected chi connectivity index (χ1v) is 6.46. The van der Waals surface area contributed by atoms with Gasteiger partial charge in [-0.05, 0) is 43.4 Å². The van der Waals surface area contributed by atoms with Crippen molar-refractivity contribution in [1.82, 2.24) is 0 Å². The third-order valence-corrected chi connectivity index (χ3v) is 2.78. The Balaban J connectivity index is 2.37. The minimum absolute atomic E-state index is 0.251. The third-order valence-electron chi connectivity index (χ3n) is 2.78. The first kappa shape index (κ1) is 14.5. The largest absolute Gasteiger partial charge is 0.370 e. The Morgan fingerprint density at radius 1 is 1.17 bits per heavy atom. The van der Waals surface area contributed by atoms with Gasteiger partial charge >= 0.3 is 0 Å². The van der Waals surface area contributed by atoms with Gasteiger partial charge in [0.15, 0.2) is 0 Å². The van der Waals surface area contributed by atoms with E-state index < -0.39 is 0 Å². The molecule has 0 aromatic heterocycles. The van der Waals surface area contributed by atoms with Crippen LogP contribution in [0, 0.1) is 0 Å². The van der Waals surface area contributed by atoms with E-state index in [1.54, 1.807) is 0 Å². The van der Waals surface area contributed by atoms with Gasteiger partial charge in [-0.2, -0.15) is 0 Å². The number of nitrogens with two attached hydrogens (primary N) is 2. The molecule has 0 aliphatic carbocycles. The Hall–Kier alpha value is -1.61. The van der Waals surface area contributed by atoms with E-state index in [1.807, 2.05) is 12.1 Å². The van der Waals surface area contributed by atoms with Gasteiger partial charge in [0.05, 0.1) is 0 Å². The minimum Gasteiger partial charge on any atom is -0.370 e. The van der Waals surface area contributed by atoms with Crippen LogP contribution in [-0.4, -0.2) is 12.5 Å². The second kappa shape index (κ2) is 8.48. The number of amides is 1. The van der Waals surface area contributed by atoms with Crippen molar-refractivity contribution in [3.05, 3.63) is 41.5 Å². The second-order valence-electron chi connectivity index (χ2n) is 4.39. The van der Waals surface area contributed by atoms with Gasteiger partial charge in [0.1, 0.15) is 0 Å². The van der Waals surface area contributed by atoms with Crippen LogP contribution in [0.15, 0.2) is 30.3 Å². The molecule has 0 saturated carbocycles. The van der Waals surface area contributed by atoms with E-state index in [4.69, 9.17) is 11.5 Å². The zero-order valence-corrected chi connectivity index (χ0v) is 10.8. The van der Waals surface area contributed by atoms with Crippen molar-refractivity contribution >= 4 is 12.0 Å². The Bertz CT molecular complexity index is 382. The predicted molar refractivity (Wildman–Crippen MR) is 75.9 cm³/mol. The van der Waals surface area contributed by atoms with E-state index in [0.29, 0.717) is 6.42 Å². The lowest BCUT2D eigenvalue weighted by Crippen LogP contribution is -2.11. The van der Waals surface area contributed by atoms with Crippen LogP contribution in [0.25, 0.3) is 6.08 Å². The van der Waals surface area contributed by atoms with Crippen LogP contribution in [-0.2, 0) is 11.2 Å². The van der Waals surface area contributed by atoms with Crippen molar-refractivity contribution < 1.29 is 4.79 Å². The van der Waals surface area contributed by atoms with Gasteiger partial charge in [0.25, 0.3) is 0 Å². The maximum absolute atomic E-state index is 10.7. The molecular formula is C15H22N2O. The van der Waals surface area contributed by atoms with Gasteiger partial charge in [-0.15, -0.1) is 0 Å².